The minimum atomic E-state index is -0.359. The van der Waals surface area contributed by atoms with Gasteiger partial charge in [0.25, 0.3) is 11.5 Å². The molecule has 0 bridgehead atoms. The summed E-state index contributed by atoms with van der Waals surface area (Å²) in [7, 11) is 0. The summed E-state index contributed by atoms with van der Waals surface area (Å²) in [5.74, 6) is 0.287. The SMILES string of the molecule is Cc1nc(NC(=O)c2cnn(-c3ccccc3)c2C)cc(=O)[nH]1. The van der Waals surface area contributed by atoms with E-state index in [4.69, 9.17) is 0 Å². The average molecular weight is 309 g/mol. The molecule has 2 aromatic heterocycles. The zero-order chi connectivity index (χ0) is 16.4. The predicted molar refractivity (Wildman–Crippen MR) is 85.8 cm³/mol. The van der Waals surface area contributed by atoms with Gasteiger partial charge in [-0.05, 0) is 26.0 Å². The molecule has 23 heavy (non-hydrogen) atoms. The number of aryl methyl sites for hydroxylation is 1. The van der Waals surface area contributed by atoms with Crippen molar-refractivity contribution in [1.82, 2.24) is 19.7 Å². The summed E-state index contributed by atoms with van der Waals surface area (Å²) < 4.78 is 1.69. The van der Waals surface area contributed by atoms with Crippen LogP contribution in [0.2, 0.25) is 0 Å². The van der Waals surface area contributed by atoms with Crippen LogP contribution in [0.5, 0.6) is 0 Å². The quantitative estimate of drug-likeness (QED) is 0.772. The first-order valence-electron chi connectivity index (χ1n) is 7.04. The first kappa shape index (κ1) is 14.7. The maximum absolute atomic E-state index is 12.4. The maximum Gasteiger partial charge on any atom is 0.260 e. The number of para-hydroxylation sites is 1. The Balaban J connectivity index is 1.89. The van der Waals surface area contributed by atoms with E-state index in [2.05, 4.69) is 20.4 Å². The fourth-order valence-electron chi connectivity index (χ4n) is 2.29. The van der Waals surface area contributed by atoms with Crippen LogP contribution in [0.4, 0.5) is 5.82 Å². The van der Waals surface area contributed by atoms with Crippen LogP contribution in [0.1, 0.15) is 21.9 Å². The molecule has 0 spiro atoms. The van der Waals surface area contributed by atoms with Gasteiger partial charge in [-0.25, -0.2) is 9.67 Å². The Labute approximate surface area is 132 Å². The molecule has 1 aromatic carbocycles. The Morgan fingerprint density at radius 2 is 1.96 bits per heavy atom. The lowest BCUT2D eigenvalue weighted by Crippen LogP contribution is -2.17. The standard InChI is InChI=1S/C16H15N5O2/c1-10-13(9-17-21(10)12-6-4-3-5-7-12)16(23)20-14-8-15(22)19-11(2)18-14/h3-9H,1-2H3,(H2,18,19,20,22,23). The lowest BCUT2D eigenvalue weighted by Gasteiger charge is -2.06. The molecule has 0 fully saturated rings. The van der Waals surface area contributed by atoms with Crippen LogP contribution in [0, 0.1) is 13.8 Å². The van der Waals surface area contributed by atoms with Crippen LogP contribution in [0.3, 0.4) is 0 Å². The molecule has 7 heteroatoms. The van der Waals surface area contributed by atoms with E-state index in [1.54, 1.807) is 11.6 Å². The number of hydrogen-bond acceptors (Lipinski definition) is 4. The van der Waals surface area contributed by atoms with Crippen molar-refractivity contribution in [2.45, 2.75) is 13.8 Å². The smallest absolute Gasteiger partial charge is 0.260 e. The van der Waals surface area contributed by atoms with E-state index >= 15 is 0 Å². The fraction of sp³-hybridized carbons (Fsp3) is 0.125. The minimum absolute atomic E-state index is 0.211. The Kier molecular flexibility index (Phi) is 3.76. The van der Waals surface area contributed by atoms with E-state index in [9.17, 15) is 9.59 Å². The van der Waals surface area contributed by atoms with Crippen LogP contribution in [0.15, 0.2) is 47.4 Å². The molecule has 0 saturated heterocycles. The highest BCUT2D eigenvalue weighted by Gasteiger charge is 2.16. The van der Waals surface area contributed by atoms with Crippen LogP contribution in [-0.2, 0) is 0 Å². The van der Waals surface area contributed by atoms with Crippen molar-refractivity contribution in [1.29, 1.82) is 0 Å². The largest absolute Gasteiger partial charge is 0.311 e. The lowest BCUT2D eigenvalue weighted by atomic mass is 10.2. The van der Waals surface area contributed by atoms with Gasteiger partial charge in [0.2, 0.25) is 0 Å². The Bertz CT molecular complexity index is 912. The molecule has 2 heterocycles. The summed E-state index contributed by atoms with van der Waals surface area (Å²) >= 11 is 0. The van der Waals surface area contributed by atoms with Gasteiger partial charge in [-0.1, -0.05) is 18.2 Å². The molecule has 7 nitrogen and oxygen atoms in total. The zero-order valence-corrected chi connectivity index (χ0v) is 12.7. The Hall–Kier alpha value is -3.22. The van der Waals surface area contributed by atoms with Crippen molar-refractivity contribution in [2.75, 3.05) is 5.32 Å². The van der Waals surface area contributed by atoms with Crippen molar-refractivity contribution < 1.29 is 4.79 Å². The van der Waals surface area contributed by atoms with Crippen LogP contribution in [-0.4, -0.2) is 25.7 Å². The van der Waals surface area contributed by atoms with Crippen LogP contribution in [0.25, 0.3) is 5.69 Å². The number of carbonyl (C=O) groups is 1. The molecule has 116 valence electrons. The summed E-state index contributed by atoms with van der Waals surface area (Å²) in [6.45, 7) is 3.46. The molecule has 1 amide bonds. The van der Waals surface area contributed by atoms with Gasteiger partial charge < -0.3 is 10.3 Å². The predicted octanol–water partition coefficient (Wildman–Crippen LogP) is 1.82. The van der Waals surface area contributed by atoms with Gasteiger partial charge in [0.15, 0.2) is 0 Å². The zero-order valence-electron chi connectivity index (χ0n) is 12.7. The van der Waals surface area contributed by atoms with E-state index in [0.717, 1.165) is 5.69 Å². The molecule has 0 saturated carbocycles. The number of benzene rings is 1. The van der Waals surface area contributed by atoms with Gasteiger partial charge >= 0.3 is 0 Å². The summed E-state index contributed by atoms with van der Waals surface area (Å²) in [5, 5.41) is 6.87. The van der Waals surface area contributed by atoms with Crippen LogP contribution >= 0.6 is 0 Å². The summed E-state index contributed by atoms with van der Waals surface area (Å²) in [5.41, 5.74) is 1.68. The number of carbonyl (C=O) groups excluding carboxylic acids is 1. The number of aromatic amines is 1. The van der Waals surface area contributed by atoms with E-state index in [0.29, 0.717) is 17.1 Å². The first-order valence-corrected chi connectivity index (χ1v) is 7.04. The molecule has 2 N–H and O–H groups in total. The number of anilines is 1. The summed E-state index contributed by atoms with van der Waals surface area (Å²) in [6, 6.07) is 10.8. The second kappa shape index (κ2) is 5.88. The van der Waals surface area contributed by atoms with Gasteiger partial charge in [-0.15, -0.1) is 0 Å². The third-order valence-electron chi connectivity index (χ3n) is 3.36. The van der Waals surface area contributed by atoms with E-state index in [1.807, 2.05) is 37.3 Å². The van der Waals surface area contributed by atoms with Crippen LogP contribution < -0.4 is 10.9 Å². The topological polar surface area (TPSA) is 92.7 Å². The highest BCUT2D eigenvalue weighted by molar-refractivity contribution is 6.04. The number of nitrogens with zero attached hydrogens (tertiary/aromatic N) is 3. The van der Waals surface area contributed by atoms with Crippen molar-refractivity contribution in [2.24, 2.45) is 0 Å². The molecular formula is C16H15N5O2. The molecular weight excluding hydrogens is 294 g/mol. The maximum atomic E-state index is 12.4. The van der Waals surface area contributed by atoms with Gasteiger partial charge in [0.05, 0.1) is 23.1 Å². The molecule has 0 atom stereocenters. The second-order valence-electron chi connectivity index (χ2n) is 5.06. The normalized spacial score (nSPS) is 10.5. The van der Waals surface area contributed by atoms with Crippen molar-refractivity contribution in [3.05, 3.63) is 70.0 Å². The molecule has 0 radical (unpaired) electrons. The highest BCUT2D eigenvalue weighted by atomic mass is 16.2. The van der Waals surface area contributed by atoms with E-state index in [-0.39, 0.29) is 17.3 Å². The van der Waals surface area contributed by atoms with Crippen molar-refractivity contribution >= 4 is 11.7 Å². The van der Waals surface area contributed by atoms with Crippen molar-refractivity contribution in [3.8, 4) is 5.69 Å². The number of rotatable bonds is 3. The van der Waals surface area contributed by atoms with Gasteiger partial charge in [-0.3, -0.25) is 9.59 Å². The Morgan fingerprint density at radius 1 is 1.22 bits per heavy atom. The molecule has 0 aliphatic rings. The third-order valence-corrected chi connectivity index (χ3v) is 3.36. The second-order valence-corrected chi connectivity index (χ2v) is 5.06. The van der Waals surface area contributed by atoms with Gasteiger partial charge in [-0.2, -0.15) is 5.10 Å². The van der Waals surface area contributed by atoms with Crippen molar-refractivity contribution in [3.63, 3.8) is 0 Å². The van der Waals surface area contributed by atoms with Gasteiger partial charge in [0, 0.05) is 6.07 Å². The number of amides is 1. The molecule has 0 aliphatic carbocycles. The lowest BCUT2D eigenvalue weighted by molar-refractivity contribution is 0.102. The minimum Gasteiger partial charge on any atom is -0.311 e. The Morgan fingerprint density at radius 3 is 2.65 bits per heavy atom. The van der Waals surface area contributed by atoms with E-state index in [1.165, 1.54) is 12.3 Å². The van der Waals surface area contributed by atoms with Gasteiger partial charge in [0.1, 0.15) is 11.6 Å². The highest BCUT2D eigenvalue weighted by Crippen LogP contribution is 2.15. The summed E-state index contributed by atoms with van der Waals surface area (Å²) in [6.07, 6.45) is 1.50. The average Bonchev–Trinajstić information content (AvgIpc) is 2.89. The number of H-pyrrole nitrogens is 1. The summed E-state index contributed by atoms with van der Waals surface area (Å²) in [4.78, 5) is 30.4. The third kappa shape index (κ3) is 3.03. The molecule has 3 aromatic rings. The molecule has 3 rings (SSSR count). The first-order chi connectivity index (χ1) is 11.0. The number of nitrogens with one attached hydrogen (secondary N) is 2. The van der Waals surface area contributed by atoms with E-state index < -0.39 is 0 Å². The number of hydrogen-bond donors (Lipinski definition) is 2. The fourth-order valence-corrected chi connectivity index (χ4v) is 2.29. The molecule has 0 unspecified atom stereocenters. The number of aromatic nitrogens is 4. The molecule has 0 aliphatic heterocycles. The monoisotopic (exact) mass is 309 g/mol.